The summed E-state index contributed by atoms with van der Waals surface area (Å²) in [6.45, 7) is 6.45. The van der Waals surface area contributed by atoms with E-state index in [9.17, 15) is 4.79 Å². The summed E-state index contributed by atoms with van der Waals surface area (Å²) in [5.41, 5.74) is 4.88. The van der Waals surface area contributed by atoms with Gasteiger partial charge in [0.2, 0.25) is 0 Å². The van der Waals surface area contributed by atoms with Crippen LogP contribution < -0.4 is 0 Å². The number of carbonyl (C=O) groups is 1. The molecule has 122 valence electrons. The van der Waals surface area contributed by atoms with Gasteiger partial charge in [0.1, 0.15) is 0 Å². The summed E-state index contributed by atoms with van der Waals surface area (Å²) >= 11 is 5.98. The van der Waals surface area contributed by atoms with Crippen LogP contribution >= 0.6 is 11.6 Å². The van der Waals surface area contributed by atoms with Crippen LogP contribution in [-0.2, 0) is 16.0 Å². The fourth-order valence-corrected chi connectivity index (χ4v) is 2.93. The molecule has 0 saturated heterocycles. The van der Waals surface area contributed by atoms with Gasteiger partial charge in [-0.1, -0.05) is 47.5 Å². The second-order valence-corrected chi connectivity index (χ2v) is 6.33. The van der Waals surface area contributed by atoms with E-state index in [0.29, 0.717) is 18.1 Å². The van der Waals surface area contributed by atoms with Crippen molar-refractivity contribution in [3.8, 4) is 0 Å². The number of halogens is 1. The standard InChI is InChI=1S/C20H23ClO2/c1-4-23-20(22)13-18(16-7-9-19(21)10-8-16)12-17-6-5-14(2)11-15(17)3/h5-11,18H,4,12-13H2,1-3H3. The number of aryl methyl sites for hydroxylation is 2. The Labute approximate surface area is 143 Å². The summed E-state index contributed by atoms with van der Waals surface area (Å²) in [7, 11) is 0. The minimum Gasteiger partial charge on any atom is -0.466 e. The van der Waals surface area contributed by atoms with Crippen LogP contribution in [0.1, 0.15) is 41.5 Å². The summed E-state index contributed by atoms with van der Waals surface area (Å²) in [5.74, 6) is -0.0649. The molecule has 0 aliphatic heterocycles. The van der Waals surface area contributed by atoms with Crippen LogP contribution in [0.25, 0.3) is 0 Å². The molecule has 2 nitrogen and oxygen atoms in total. The number of esters is 1. The third kappa shape index (κ3) is 5.11. The first kappa shape index (κ1) is 17.6. The summed E-state index contributed by atoms with van der Waals surface area (Å²) in [6, 6.07) is 14.2. The van der Waals surface area contributed by atoms with Crippen molar-refractivity contribution >= 4 is 17.6 Å². The predicted octanol–water partition coefficient (Wildman–Crippen LogP) is 5.24. The molecule has 0 aliphatic carbocycles. The molecule has 0 heterocycles. The quantitative estimate of drug-likeness (QED) is 0.677. The van der Waals surface area contributed by atoms with E-state index in [1.54, 1.807) is 0 Å². The number of rotatable bonds is 6. The second-order valence-electron chi connectivity index (χ2n) is 5.89. The van der Waals surface area contributed by atoms with Gasteiger partial charge in [0.05, 0.1) is 13.0 Å². The lowest BCUT2D eigenvalue weighted by atomic mass is 9.87. The van der Waals surface area contributed by atoms with Crippen molar-refractivity contribution in [3.63, 3.8) is 0 Å². The first-order valence-electron chi connectivity index (χ1n) is 7.96. The molecule has 3 heteroatoms. The van der Waals surface area contributed by atoms with Gasteiger partial charge in [-0.05, 0) is 61.9 Å². The highest BCUT2D eigenvalue weighted by molar-refractivity contribution is 6.30. The van der Waals surface area contributed by atoms with E-state index in [-0.39, 0.29) is 11.9 Å². The van der Waals surface area contributed by atoms with Crippen molar-refractivity contribution in [2.75, 3.05) is 6.61 Å². The van der Waals surface area contributed by atoms with Crippen molar-refractivity contribution < 1.29 is 9.53 Å². The van der Waals surface area contributed by atoms with Gasteiger partial charge >= 0.3 is 5.97 Å². The number of benzene rings is 2. The highest BCUT2D eigenvalue weighted by Crippen LogP contribution is 2.27. The highest BCUT2D eigenvalue weighted by atomic mass is 35.5. The Morgan fingerprint density at radius 1 is 1.13 bits per heavy atom. The molecule has 0 bridgehead atoms. The van der Waals surface area contributed by atoms with Gasteiger partial charge in [0.15, 0.2) is 0 Å². The maximum Gasteiger partial charge on any atom is 0.306 e. The van der Waals surface area contributed by atoms with Crippen LogP contribution in [0.5, 0.6) is 0 Å². The van der Waals surface area contributed by atoms with Crippen molar-refractivity contribution in [3.05, 3.63) is 69.7 Å². The fraction of sp³-hybridized carbons (Fsp3) is 0.350. The minimum atomic E-state index is -0.155. The van der Waals surface area contributed by atoms with Crippen molar-refractivity contribution in [2.24, 2.45) is 0 Å². The predicted molar refractivity (Wildman–Crippen MR) is 95.1 cm³/mol. The zero-order chi connectivity index (χ0) is 16.8. The van der Waals surface area contributed by atoms with E-state index in [0.717, 1.165) is 12.0 Å². The maximum absolute atomic E-state index is 12.0. The van der Waals surface area contributed by atoms with E-state index in [4.69, 9.17) is 16.3 Å². The Bertz CT molecular complexity index is 662. The van der Waals surface area contributed by atoms with Crippen LogP contribution in [-0.4, -0.2) is 12.6 Å². The van der Waals surface area contributed by atoms with Crippen LogP contribution in [0.4, 0.5) is 0 Å². The first-order chi connectivity index (χ1) is 11.0. The molecular formula is C20H23ClO2. The van der Waals surface area contributed by atoms with Crippen LogP contribution in [0, 0.1) is 13.8 Å². The molecular weight excluding hydrogens is 308 g/mol. The average molecular weight is 331 g/mol. The topological polar surface area (TPSA) is 26.3 Å². The van der Waals surface area contributed by atoms with E-state index in [1.807, 2.05) is 31.2 Å². The number of carbonyl (C=O) groups excluding carboxylic acids is 1. The molecule has 2 rings (SSSR count). The monoisotopic (exact) mass is 330 g/mol. The molecule has 0 saturated carbocycles. The first-order valence-corrected chi connectivity index (χ1v) is 8.34. The molecule has 0 aliphatic rings. The van der Waals surface area contributed by atoms with E-state index in [2.05, 4.69) is 32.0 Å². The van der Waals surface area contributed by atoms with Crippen LogP contribution in [0.3, 0.4) is 0 Å². The normalized spacial score (nSPS) is 12.0. The van der Waals surface area contributed by atoms with Crippen molar-refractivity contribution in [1.82, 2.24) is 0 Å². The van der Waals surface area contributed by atoms with Gasteiger partial charge in [-0.2, -0.15) is 0 Å². The Balaban J connectivity index is 2.25. The van der Waals surface area contributed by atoms with Gasteiger partial charge in [0.25, 0.3) is 0 Å². The van der Waals surface area contributed by atoms with Gasteiger partial charge in [0, 0.05) is 5.02 Å². The molecule has 0 radical (unpaired) electrons. The van der Waals surface area contributed by atoms with Gasteiger partial charge < -0.3 is 4.74 Å². The molecule has 0 aromatic heterocycles. The Hall–Kier alpha value is -1.80. The molecule has 0 amide bonds. The molecule has 0 spiro atoms. The lowest BCUT2D eigenvalue weighted by Gasteiger charge is -2.18. The van der Waals surface area contributed by atoms with Crippen molar-refractivity contribution in [1.29, 1.82) is 0 Å². The van der Waals surface area contributed by atoms with Crippen molar-refractivity contribution in [2.45, 2.75) is 39.5 Å². The molecule has 2 aromatic carbocycles. The second kappa shape index (κ2) is 8.16. The summed E-state index contributed by atoms with van der Waals surface area (Å²) < 4.78 is 5.14. The third-order valence-corrected chi connectivity index (χ3v) is 4.28. The van der Waals surface area contributed by atoms with Gasteiger partial charge in [-0.25, -0.2) is 0 Å². The number of hydrogen-bond acceptors (Lipinski definition) is 2. The summed E-state index contributed by atoms with van der Waals surface area (Å²) in [6.07, 6.45) is 1.19. The molecule has 0 fully saturated rings. The van der Waals surface area contributed by atoms with E-state index >= 15 is 0 Å². The number of ether oxygens (including phenoxy) is 1. The molecule has 2 aromatic rings. The lowest BCUT2D eigenvalue weighted by Crippen LogP contribution is -2.13. The zero-order valence-corrected chi connectivity index (χ0v) is 14.7. The Morgan fingerprint density at radius 3 is 2.43 bits per heavy atom. The molecule has 0 N–H and O–H groups in total. The maximum atomic E-state index is 12.0. The lowest BCUT2D eigenvalue weighted by molar-refractivity contribution is -0.143. The average Bonchev–Trinajstić information content (AvgIpc) is 2.50. The van der Waals surface area contributed by atoms with E-state index < -0.39 is 0 Å². The zero-order valence-electron chi connectivity index (χ0n) is 13.9. The minimum absolute atomic E-state index is 0.0905. The SMILES string of the molecule is CCOC(=O)CC(Cc1ccc(C)cc1C)c1ccc(Cl)cc1. The molecule has 1 unspecified atom stereocenters. The fourth-order valence-electron chi connectivity index (χ4n) is 2.80. The Morgan fingerprint density at radius 2 is 1.83 bits per heavy atom. The smallest absolute Gasteiger partial charge is 0.306 e. The Kier molecular flexibility index (Phi) is 6.23. The van der Waals surface area contributed by atoms with Crippen LogP contribution in [0.2, 0.25) is 5.02 Å². The largest absolute Gasteiger partial charge is 0.466 e. The van der Waals surface area contributed by atoms with Gasteiger partial charge in [-0.15, -0.1) is 0 Å². The third-order valence-electron chi connectivity index (χ3n) is 4.02. The summed E-state index contributed by atoms with van der Waals surface area (Å²) in [4.78, 5) is 12.0. The molecule has 23 heavy (non-hydrogen) atoms. The number of hydrogen-bond donors (Lipinski definition) is 0. The highest BCUT2D eigenvalue weighted by Gasteiger charge is 2.18. The van der Waals surface area contributed by atoms with Gasteiger partial charge in [-0.3, -0.25) is 4.79 Å². The molecule has 1 atom stereocenters. The van der Waals surface area contributed by atoms with E-state index in [1.165, 1.54) is 16.7 Å². The van der Waals surface area contributed by atoms with Crippen LogP contribution in [0.15, 0.2) is 42.5 Å². The summed E-state index contributed by atoms with van der Waals surface area (Å²) in [5, 5.41) is 0.704.